The Hall–Kier alpha value is -1.39. The quantitative estimate of drug-likeness (QED) is 0.876. The highest BCUT2D eigenvalue weighted by molar-refractivity contribution is 5.81. The molecule has 2 rings (SSSR count). The van der Waals surface area contributed by atoms with Crippen molar-refractivity contribution >= 4 is 5.91 Å². The van der Waals surface area contributed by atoms with Crippen molar-refractivity contribution in [2.24, 2.45) is 16.9 Å². The first-order valence-electron chi connectivity index (χ1n) is 7.19. The number of benzene rings is 1. The third kappa shape index (κ3) is 2.86. The number of amides is 1. The third-order valence-corrected chi connectivity index (χ3v) is 4.41. The van der Waals surface area contributed by atoms with Gasteiger partial charge in [-0.2, -0.15) is 0 Å². The van der Waals surface area contributed by atoms with Crippen molar-refractivity contribution in [1.29, 1.82) is 0 Å². The van der Waals surface area contributed by atoms with Gasteiger partial charge in [0.2, 0.25) is 5.91 Å². The molecule has 110 valence electrons. The largest absolute Gasteiger partial charge is 0.369 e. The number of hydrogen-bond donors (Lipinski definition) is 2. The van der Waals surface area contributed by atoms with Gasteiger partial charge in [0.15, 0.2) is 0 Å². The summed E-state index contributed by atoms with van der Waals surface area (Å²) >= 11 is 0. The molecule has 0 saturated carbocycles. The molecular weight excluding hydrogens is 250 g/mol. The molecule has 1 aromatic carbocycles. The molecular formula is C16H25N3O. The van der Waals surface area contributed by atoms with E-state index in [1.807, 2.05) is 13.8 Å². The fourth-order valence-corrected chi connectivity index (χ4v) is 3.05. The highest BCUT2D eigenvalue weighted by atomic mass is 16.1. The molecule has 4 heteroatoms. The number of carbonyl (C=O) groups is 1. The van der Waals surface area contributed by atoms with Gasteiger partial charge in [-0.05, 0) is 39.3 Å². The Bertz CT molecular complexity index is 483. The molecule has 0 aliphatic carbocycles. The summed E-state index contributed by atoms with van der Waals surface area (Å²) in [5, 5.41) is 0. The summed E-state index contributed by atoms with van der Waals surface area (Å²) in [7, 11) is 0. The predicted octanol–water partition coefficient (Wildman–Crippen LogP) is 1.58. The summed E-state index contributed by atoms with van der Waals surface area (Å²) in [6.07, 6.45) is 0.803. The van der Waals surface area contributed by atoms with Crippen molar-refractivity contribution < 1.29 is 4.79 Å². The summed E-state index contributed by atoms with van der Waals surface area (Å²) in [6, 6.07) is 8.61. The lowest BCUT2D eigenvalue weighted by molar-refractivity contribution is -0.126. The highest BCUT2D eigenvalue weighted by Gasteiger charge is 2.42. The maximum absolute atomic E-state index is 11.6. The van der Waals surface area contributed by atoms with Crippen LogP contribution in [-0.2, 0) is 4.79 Å². The number of nitrogens with zero attached hydrogens (tertiary/aromatic N) is 1. The summed E-state index contributed by atoms with van der Waals surface area (Å²) in [5.41, 5.74) is 13.7. The van der Waals surface area contributed by atoms with Crippen LogP contribution in [0.5, 0.6) is 0 Å². The first-order valence-corrected chi connectivity index (χ1v) is 7.19. The SMILES string of the molecule is Cc1ccc(C(C(C)N)N2CCC(C)(C(N)=O)C2)cc1. The van der Waals surface area contributed by atoms with Crippen molar-refractivity contribution in [1.82, 2.24) is 4.90 Å². The van der Waals surface area contributed by atoms with Crippen LogP contribution in [0.3, 0.4) is 0 Å². The molecule has 4 N–H and O–H groups in total. The minimum absolute atomic E-state index is 0.00735. The van der Waals surface area contributed by atoms with E-state index in [1.165, 1.54) is 11.1 Å². The van der Waals surface area contributed by atoms with E-state index in [-0.39, 0.29) is 18.0 Å². The minimum atomic E-state index is -0.433. The van der Waals surface area contributed by atoms with E-state index in [0.29, 0.717) is 6.54 Å². The lowest BCUT2D eigenvalue weighted by Crippen LogP contribution is -2.42. The van der Waals surface area contributed by atoms with Gasteiger partial charge in [0, 0.05) is 18.6 Å². The van der Waals surface area contributed by atoms with Gasteiger partial charge < -0.3 is 11.5 Å². The van der Waals surface area contributed by atoms with Gasteiger partial charge in [-0.3, -0.25) is 9.69 Å². The lowest BCUT2D eigenvalue weighted by Gasteiger charge is -2.32. The molecule has 1 amide bonds. The standard InChI is InChI=1S/C16H25N3O/c1-11-4-6-13(7-5-11)14(12(2)17)19-9-8-16(3,10-19)15(18)20/h4-7,12,14H,8-10,17H2,1-3H3,(H2,18,20). The van der Waals surface area contributed by atoms with Crippen molar-refractivity contribution in [2.45, 2.75) is 39.3 Å². The third-order valence-electron chi connectivity index (χ3n) is 4.41. The van der Waals surface area contributed by atoms with Gasteiger partial charge in [0.1, 0.15) is 0 Å². The van der Waals surface area contributed by atoms with Crippen LogP contribution in [0.4, 0.5) is 0 Å². The van der Waals surface area contributed by atoms with Crippen LogP contribution in [0.1, 0.15) is 37.4 Å². The number of nitrogens with two attached hydrogens (primary N) is 2. The van der Waals surface area contributed by atoms with Crippen LogP contribution in [-0.4, -0.2) is 29.9 Å². The average Bonchev–Trinajstić information content (AvgIpc) is 2.75. The average molecular weight is 275 g/mol. The van der Waals surface area contributed by atoms with Crippen LogP contribution < -0.4 is 11.5 Å². The zero-order chi connectivity index (χ0) is 14.9. The van der Waals surface area contributed by atoms with Crippen molar-refractivity contribution in [3.05, 3.63) is 35.4 Å². The first-order chi connectivity index (χ1) is 9.33. The molecule has 1 aliphatic heterocycles. The summed E-state index contributed by atoms with van der Waals surface area (Å²) in [4.78, 5) is 13.9. The number of rotatable bonds is 4. The fraction of sp³-hybridized carbons (Fsp3) is 0.562. The van der Waals surface area contributed by atoms with Crippen LogP contribution in [0.2, 0.25) is 0 Å². The highest BCUT2D eigenvalue weighted by Crippen LogP contribution is 2.36. The van der Waals surface area contributed by atoms with E-state index < -0.39 is 5.41 Å². The molecule has 1 aromatic rings. The van der Waals surface area contributed by atoms with Gasteiger partial charge in [-0.15, -0.1) is 0 Å². The smallest absolute Gasteiger partial charge is 0.224 e. The Balaban J connectivity index is 2.23. The number of primary amides is 1. The van der Waals surface area contributed by atoms with E-state index in [1.54, 1.807) is 0 Å². The fourth-order valence-electron chi connectivity index (χ4n) is 3.05. The molecule has 4 nitrogen and oxygen atoms in total. The van der Waals surface area contributed by atoms with Crippen molar-refractivity contribution in [2.75, 3.05) is 13.1 Å². The number of carbonyl (C=O) groups excluding carboxylic acids is 1. The predicted molar refractivity (Wildman–Crippen MR) is 81.1 cm³/mol. The van der Waals surface area contributed by atoms with Gasteiger partial charge in [0.05, 0.1) is 5.41 Å². The Morgan fingerprint density at radius 2 is 1.95 bits per heavy atom. The Morgan fingerprint density at radius 3 is 2.40 bits per heavy atom. The molecule has 3 unspecified atom stereocenters. The first kappa shape index (κ1) is 15.0. The molecule has 0 radical (unpaired) electrons. The monoisotopic (exact) mass is 275 g/mol. The van der Waals surface area contributed by atoms with Crippen LogP contribution in [0, 0.1) is 12.3 Å². The molecule has 1 fully saturated rings. The van der Waals surface area contributed by atoms with E-state index in [9.17, 15) is 4.79 Å². The number of aryl methyl sites for hydroxylation is 1. The summed E-state index contributed by atoms with van der Waals surface area (Å²) < 4.78 is 0. The zero-order valence-corrected chi connectivity index (χ0v) is 12.6. The molecule has 0 spiro atoms. The minimum Gasteiger partial charge on any atom is -0.369 e. The van der Waals surface area contributed by atoms with Crippen molar-refractivity contribution in [3.63, 3.8) is 0 Å². The van der Waals surface area contributed by atoms with Gasteiger partial charge >= 0.3 is 0 Å². The normalized spacial score (nSPS) is 26.4. The van der Waals surface area contributed by atoms with Gasteiger partial charge in [-0.25, -0.2) is 0 Å². The Kier molecular flexibility index (Phi) is 4.16. The van der Waals surface area contributed by atoms with Crippen LogP contribution in [0.25, 0.3) is 0 Å². The number of likely N-dealkylation sites (tertiary alicyclic amines) is 1. The van der Waals surface area contributed by atoms with E-state index in [4.69, 9.17) is 11.5 Å². The topological polar surface area (TPSA) is 72.3 Å². The lowest BCUT2D eigenvalue weighted by atomic mass is 9.89. The van der Waals surface area contributed by atoms with Gasteiger partial charge in [0.25, 0.3) is 0 Å². The molecule has 1 aliphatic rings. The second-order valence-corrected chi connectivity index (χ2v) is 6.36. The molecule has 0 bridgehead atoms. The maximum atomic E-state index is 11.6. The zero-order valence-electron chi connectivity index (χ0n) is 12.6. The molecule has 3 atom stereocenters. The Morgan fingerprint density at radius 1 is 1.35 bits per heavy atom. The summed E-state index contributed by atoms with van der Waals surface area (Å²) in [6.45, 7) is 7.58. The Labute approximate surface area is 121 Å². The molecule has 1 saturated heterocycles. The molecule has 1 heterocycles. The van der Waals surface area contributed by atoms with Crippen LogP contribution >= 0.6 is 0 Å². The van der Waals surface area contributed by atoms with E-state index >= 15 is 0 Å². The van der Waals surface area contributed by atoms with Crippen LogP contribution in [0.15, 0.2) is 24.3 Å². The second-order valence-electron chi connectivity index (χ2n) is 6.36. The second kappa shape index (κ2) is 5.54. The number of hydrogen-bond acceptors (Lipinski definition) is 3. The molecule has 20 heavy (non-hydrogen) atoms. The summed E-state index contributed by atoms with van der Waals surface area (Å²) in [5.74, 6) is -0.215. The van der Waals surface area contributed by atoms with Gasteiger partial charge in [-0.1, -0.05) is 29.8 Å². The van der Waals surface area contributed by atoms with E-state index in [2.05, 4.69) is 36.1 Å². The maximum Gasteiger partial charge on any atom is 0.224 e. The van der Waals surface area contributed by atoms with Crippen molar-refractivity contribution in [3.8, 4) is 0 Å². The van der Waals surface area contributed by atoms with E-state index in [0.717, 1.165) is 13.0 Å². The molecule has 0 aromatic heterocycles.